The summed E-state index contributed by atoms with van der Waals surface area (Å²) >= 11 is 2.73. The molecule has 3 aromatic rings. The fraction of sp³-hybridized carbons (Fsp3) is 0. The van der Waals surface area contributed by atoms with E-state index in [2.05, 4.69) is 4.72 Å². The largest absolute Gasteiger partial charge is 0.278 e. The Morgan fingerprint density at radius 3 is 2.32 bits per heavy atom. The maximum atomic E-state index is 12.4. The van der Waals surface area contributed by atoms with E-state index in [4.69, 9.17) is 0 Å². The van der Waals surface area contributed by atoms with E-state index in [9.17, 15) is 8.42 Å². The highest BCUT2D eigenvalue weighted by Gasteiger charge is 2.17. The van der Waals surface area contributed by atoms with Crippen molar-refractivity contribution in [2.75, 3.05) is 4.72 Å². The Kier molecular flexibility index (Phi) is 4.52. The van der Waals surface area contributed by atoms with Gasteiger partial charge in [0.15, 0.2) is 0 Å². The van der Waals surface area contributed by atoms with E-state index in [1.807, 2.05) is 48.5 Å². The minimum atomic E-state index is -3.53. The molecule has 0 saturated heterocycles. The molecule has 0 fully saturated rings. The second kappa shape index (κ2) is 6.56. The standard InChI is InChI=1S/C16H13NO2S3/c18-22(19,16-11-6-12-20-16)17-14-9-4-5-10-15(14)21-13-7-2-1-3-8-13/h1-12,17H. The quantitative estimate of drug-likeness (QED) is 0.727. The molecule has 1 heterocycles. The molecule has 1 N–H and O–H groups in total. The van der Waals surface area contributed by atoms with Crippen molar-refractivity contribution in [3.05, 3.63) is 72.1 Å². The Hall–Kier alpha value is -1.76. The first-order valence-corrected chi connectivity index (χ1v) is 9.71. The fourth-order valence-corrected chi connectivity index (χ4v) is 4.93. The molecule has 0 unspecified atom stereocenters. The van der Waals surface area contributed by atoms with E-state index in [-0.39, 0.29) is 0 Å². The zero-order valence-electron chi connectivity index (χ0n) is 11.5. The molecule has 22 heavy (non-hydrogen) atoms. The van der Waals surface area contributed by atoms with Gasteiger partial charge in [0, 0.05) is 9.79 Å². The first-order valence-electron chi connectivity index (χ1n) is 6.53. The third kappa shape index (κ3) is 3.52. The van der Waals surface area contributed by atoms with E-state index in [1.165, 1.54) is 23.1 Å². The van der Waals surface area contributed by atoms with Crippen LogP contribution in [0.5, 0.6) is 0 Å². The zero-order chi connectivity index (χ0) is 15.4. The van der Waals surface area contributed by atoms with Crippen molar-refractivity contribution in [1.82, 2.24) is 0 Å². The SMILES string of the molecule is O=S(=O)(Nc1ccccc1Sc1ccccc1)c1cccs1. The molecular formula is C16H13NO2S3. The summed E-state index contributed by atoms with van der Waals surface area (Å²) in [5.41, 5.74) is 0.588. The topological polar surface area (TPSA) is 46.2 Å². The summed E-state index contributed by atoms with van der Waals surface area (Å²) in [7, 11) is -3.53. The predicted molar refractivity (Wildman–Crippen MR) is 92.1 cm³/mol. The third-order valence-electron chi connectivity index (χ3n) is 2.86. The summed E-state index contributed by atoms with van der Waals surface area (Å²) in [6.07, 6.45) is 0. The molecule has 0 radical (unpaired) electrons. The second-order valence-corrected chi connectivity index (χ2v) is 8.42. The van der Waals surface area contributed by atoms with Crippen LogP contribution in [0.2, 0.25) is 0 Å². The van der Waals surface area contributed by atoms with Crippen LogP contribution in [-0.2, 0) is 10.0 Å². The number of anilines is 1. The summed E-state index contributed by atoms with van der Waals surface area (Å²) in [4.78, 5) is 1.93. The molecule has 0 aliphatic heterocycles. The van der Waals surface area contributed by atoms with Gasteiger partial charge in [-0.15, -0.1) is 11.3 Å². The highest BCUT2D eigenvalue weighted by atomic mass is 32.2. The van der Waals surface area contributed by atoms with Gasteiger partial charge in [-0.05, 0) is 35.7 Å². The first-order chi connectivity index (χ1) is 10.6. The fourth-order valence-electron chi connectivity index (χ4n) is 1.87. The van der Waals surface area contributed by atoms with Crippen molar-refractivity contribution in [3.63, 3.8) is 0 Å². The van der Waals surface area contributed by atoms with Crippen LogP contribution >= 0.6 is 23.1 Å². The number of benzene rings is 2. The van der Waals surface area contributed by atoms with E-state index < -0.39 is 10.0 Å². The van der Waals surface area contributed by atoms with Gasteiger partial charge in [0.05, 0.1) is 5.69 Å². The zero-order valence-corrected chi connectivity index (χ0v) is 13.9. The lowest BCUT2D eigenvalue weighted by atomic mass is 10.3. The number of rotatable bonds is 5. The molecule has 0 amide bonds. The lowest BCUT2D eigenvalue weighted by molar-refractivity contribution is 0.603. The van der Waals surface area contributed by atoms with Crippen LogP contribution in [0.15, 0.2) is 86.1 Å². The van der Waals surface area contributed by atoms with Crippen LogP contribution in [0.1, 0.15) is 0 Å². The van der Waals surface area contributed by atoms with Crippen LogP contribution in [0.25, 0.3) is 0 Å². The lowest BCUT2D eigenvalue weighted by Gasteiger charge is -2.11. The maximum absolute atomic E-state index is 12.4. The molecule has 0 saturated carbocycles. The van der Waals surface area contributed by atoms with Gasteiger partial charge in [0.1, 0.15) is 4.21 Å². The molecule has 3 rings (SSSR count). The maximum Gasteiger partial charge on any atom is 0.271 e. The van der Waals surface area contributed by atoms with Gasteiger partial charge in [-0.2, -0.15) is 0 Å². The third-order valence-corrected chi connectivity index (χ3v) is 6.71. The van der Waals surface area contributed by atoms with Crippen LogP contribution in [0.3, 0.4) is 0 Å². The summed E-state index contributed by atoms with van der Waals surface area (Å²) in [5.74, 6) is 0. The van der Waals surface area contributed by atoms with Crippen LogP contribution in [-0.4, -0.2) is 8.42 Å². The Morgan fingerprint density at radius 2 is 1.59 bits per heavy atom. The Labute approximate surface area is 138 Å². The molecule has 2 aromatic carbocycles. The average molecular weight is 347 g/mol. The van der Waals surface area contributed by atoms with Crippen molar-refractivity contribution in [2.24, 2.45) is 0 Å². The summed E-state index contributed by atoms with van der Waals surface area (Å²) in [6.45, 7) is 0. The van der Waals surface area contributed by atoms with Crippen LogP contribution in [0, 0.1) is 0 Å². The molecule has 112 valence electrons. The van der Waals surface area contributed by atoms with E-state index >= 15 is 0 Å². The molecular weight excluding hydrogens is 334 g/mol. The molecule has 1 aromatic heterocycles. The van der Waals surface area contributed by atoms with Crippen molar-refractivity contribution < 1.29 is 8.42 Å². The Bertz CT molecular complexity index is 844. The van der Waals surface area contributed by atoms with Crippen molar-refractivity contribution in [2.45, 2.75) is 14.0 Å². The molecule has 0 aliphatic carbocycles. The van der Waals surface area contributed by atoms with E-state index in [0.29, 0.717) is 9.90 Å². The highest BCUT2D eigenvalue weighted by molar-refractivity contribution is 7.99. The van der Waals surface area contributed by atoms with Crippen LogP contribution in [0.4, 0.5) is 5.69 Å². The predicted octanol–water partition coefficient (Wildman–Crippen LogP) is 4.70. The second-order valence-electron chi connectivity index (χ2n) is 4.45. The van der Waals surface area contributed by atoms with Crippen LogP contribution < -0.4 is 4.72 Å². The number of hydrogen-bond acceptors (Lipinski definition) is 4. The van der Waals surface area contributed by atoms with Crippen molar-refractivity contribution >= 4 is 38.8 Å². The number of nitrogens with one attached hydrogen (secondary N) is 1. The van der Waals surface area contributed by atoms with Gasteiger partial charge in [-0.3, -0.25) is 4.72 Å². The average Bonchev–Trinajstić information content (AvgIpc) is 3.05. The molecule has 0 aliphatic rings. The molecule has 0 atom stereocenters. The van der Waals surface area contributed by atoms with Crippen molar-refractivity contribution in [1.29, 1.82) is 0 Å². The molecule has 0 spiro atoms. The van der Waals surface area contributed by atoms with Gasteiger partial charge in [0.2, 0.25) is 0 Å². The number of hydrogen-bond donors (Lipinski definition) is 1. The Morgan fingerprint density at radius 1 is 0.864 bits per heavy atom. The number of sulfonamides is 1. The van der Waals surface area contributed by atoms with Crippen molar-refractivity contribution in [3.8, 4) is 0 Å². The minimum Gasteiger partial charge on any atom is -0.278 e. The normalized spacial score (nSPS) is 11.3. The highest BCUT2D eigenvalue weighted by Crippen LogP contribution is 2.34. The molecule has 6 heteroatoms. The number of para-hydroxylation sites is 1. The molecule has 3 nitrogen and oxygen atoms in total. The minimum absolute atomic E-state index is 0.312. The lowest BCUT2D eigenvalue weighted by Crippen LogP contribution is -2.12. The van der Waals surface area contributed by atoms with Gasteiger partial charge >= 0.3 is 0 Å². The summed E-state index contributed by atoms with van der Waals surface area (Å²) < 4.78 is 27.7. The van der Waals surface area contributed by atoms with E-state index in [1.54, 1.807) is 23.6 Å². The van der Waals surface area contributed by atoms with Gasteiger partial charge in [-0.1, -0.05) is 48.2 Å². The van der Waals surface area contributed by atoms with Gasteiger partial charge in [0.25, 0.3) is 10.0 Å². The molecule has 0 bridgehead atoms. The Balaban J connectivity index is 1.89. The summed E-state index contributed by atoms with van der Waals surface area (Å²) in [5, 5.41) is 1.75. The monoisotopic (exact) mass is 347 g/mol. The smallest absolute Gasteiger partial charge is 0.271 e. The summed E-state index contributed by atoms with van der Waals surface area (Å²) in [6, 6.07) is 20.6. The first kappa shape index (κ1) is 15.1. The van der Waals surface area contributed by atoms with Gasteiger partial charge in [-0.25, -0.2) is 8.42 Å². The van der Waals surface area contributed by atoms with Gasteiger partial charge < -0.3 is 0 Å². The van der Waals surface area contributed by atoms with E-state index in [0.717, 1.165) is 9.79 Å². The number of thiophene rings is 1.